The van der Waals surface area contributed by atoms with E-state index in [-0.39, 0.29) is 16.2 Å². The highest BCUT2D eigenvalue weighted by Gasteiger charge is 2.27. The number of allylic oxidation sites excluding steroid dienone is 2. The second kappa shape index (κ2) is 8.88. The van der Waals surface area contributed by atoms with E-state index in [4.69, 9.17) is 0 Å². The molecule has 0 saturated carbocycles. The van der Waals surface area contributed by atoms with Gasteiger partial charge in [-0.2, -0.15) is 4.31 Å². The van der Waals surface area contributed by atoms with Gasteiger partial charge in [0.05, 0.1) is 4.90 Å². The van der Waals surface area contributed by atoms with E-state index in [2.05, 4.69) is 37.7 Å². The standard InChI is InChI=1S/C22H33N3O3S/c1-22(2,3)18-10-12-19(13-11-18)23-24-21(26)17-8-7-9-20(16-17)29(27,28)25-14-5-4-6-15-25/h7-9,12,16,18,23H,4-6,10-11,13-15H2,1-3H3,(H,24,26)/t18-/m0/s1. The molecule has 6 nitrogen and oxygen atoms in total. The summed E-state index contributed by atoms with van der Waals surface area (Å²) < 4.78 is 27.2. The Hall–Kier alpha value is -1.86. The van der Waals surface area contributed by atoms with E-state index in [0.29, 0.717) is 24.6 Å². The molecule has 1 heterocycles. The van der Waals surface area contributed by atoms with Gasteiger partial charge in [0.25, 0.3) is 5.91 Å². The molecule has 1 atom stereocenters. The van der Waals surface area contributed by atoms with Crippen molar-refractivity contribution in [2.45, 2.75) is 64.2 Å². The highest BCUT2D eigenvalue weighted by Crippen LogP contribution is 2.36. The fourth-order valence-electron chi connectivity index (χ4n) is 4.00. The van der Waals surface area contributed by atoms with Crippen LogP contribution in [0.15, 0.2) is 40.9 Å². The molecule has 29 heavy (non-hydrogen) atoms. The number of carbonyl (C=O) groups excluding carboxylic acids is 1. The summed E-state index contributed by atoms with van der Waals surface area (Å²) in [5.41, 5.74) is 7.36. The van der Waals surface area contributed by atoms with Crippen molar-refractivity contribution in [3.05, 3.63) is 41.6 Å². The van der Waals surface area contributed by atoms with Crippen LogP contribution >= 0.6 is 0 Å². The van der Waals surface area contributed by atoms with Gasteiger partial charge in [0.2, 0.25) is 10.0 Å². The van der Waals surface area contributed by atoms with Crippen LogP contribution in [0.1, 0.15) is 69.7 Å². The Kier molecular flexibility index (Phi) is 6.69. The van der Waals surface area contributed by atoms with E-state index < -0.39 is 10.0 Å². The van der Waals surface area contributed by atoms with Crippen LogP contribution in [0.2, 0.25) is 0 Å². The lowest BCUT2D eigenvalue weighted by Gasteiger charge is -2.33. The van der Waals surface area contributed by atoms with E-state index in [1.807, 2.05) is 0 Å². The summed E-state index contributed by atoms with van der Waals surface area (Å²) in [6, 6.07) is 6.28. The molecule has 160 valence electrons. The normalized spacial score (nSPS) is 21.3. The van der Waals surface area contributed by atoms with Crippen molar-refractivity contribution in [3.8, 4) is 0 Å². The van der Waals surface area contributed by atoms with Crippen LogP contribution in [-0.4, -0.2) is 31.7 Å². The molecule has 2 aliphatic rings. The van der Waals surface area contributed by atoms with Crippen LogP contribution in [0.25, 0.3) is 0 Å². The largest absolute Gasteiger partial charge is 0.303 e. The average Bonchev–Trinajstić information content (AvgIpc) is 2.72. The third-order valence-electron chi connectivity index (χ3n) is 6.02. The Bertz CT molecular complexity index is 866. The lowest BCUT2D eigenvalue weighted by Crippen LogP contribution is -2.38. The molecule has 0 bridgehead atoms. The van der Waals surface area contributed by atoms with E-state index in [1.54, 1.807) is 18.2 Å². The highest BCUT2D eigenvalue weighted by atomic mass is 32.2. The molecule has 1 fully saturated rings. The van der Waals surface area contributed by atoms with Gasteiger partial charge in [-0.15, -0.1) is 0 Å². The summed E-state index contributed by atoms with van der Waals surface area (Å²) in [6.45, 7) is 7.87. The molecule has 3 rings (SSSR count). The Morgan fingerprint density at radius 2 is 1.86 bits per heavy atom. The number of sulfonamides is 1. The van der Waals surface area contributed by atoms with Gasteiger partial charge in [0.1, 0.15) is 0 Å². The molecule has 1 aromatic rings. The van der Waals surface area contributed by atoms with Gasteiger partial charge in [-0.25, -0.2) is 8.42 Å². The zero-order chi connectivity index (χ0) is 21.1. The first kappa shape index (κ1) is 21.8. The van der Waals surface area contributed by atoms with Crippen molar-refractivity contribution in [3.63, 3.8) is 0 Å². The topological polar surface area (TPSA) is 78.5 Å². The van der Waals surface area contributed by atoms with E-state index in [1.165, 1.54) is 10.4 Å². The van der Waals surface area contributed by atoms with Gasteiger partial charge in [-0.05, 0) is 61.6 Å². The minimum absolute atomic E-state index is 0.178. The first-order valence-corrected chi connectivity index (χ1v) is 12.0. The first-order chi connectivity index (χ1) is 13.7. The molecule has 1 amide bonds. The van der Waals surface area contributed by atoms with Gasteiger partial charge in [-0.1, -0.05) is 39.3 Å². The van der Waals surface area contributed by atoms with E-state index in [0.717, 1.165) is 44.2 Å². The van der Waals surface area contributed by atoms with Gasteiger partial charge < -0.3 is 5.43 Å². The molecule has 0 aromatic heterocycles. The Labute approximate surface area is 174 Å². The van der Waals surface area contributed by atoms with Crippen molar-refractivity contribution < 1.29 is 13.2 Å². The maximum absolute atomic E-state index is 12.8. The summed E-state index contributed by atoms with van der Waals surface area (Å²) in [5, 5.41) is 0. The van der Waals surface area contributed by atoms with Crippen molar-refractivity contribution in [2.24, 2.45) is 11.3 Å². The number of hydrazine groups is 1. The molecule has 0 radical (unpaired) electrons. The quantitative estimate of drug-likeness (QED) is 0.711. The SMILES string of the molecule is CC(C)(C)[C@H]1CC=C(NNC(=O)c2cccc(S(=O)(=O)N3CCCCC3)c2)CC1. The van der Waals surface area contributed by atoms with E-state index >= 15 is 0 Å². The molecule has 0 spiro atoms. The first-order valence-electron chi connectivity index (χ1n) is 10.5. The number of nitrogens with zero attached hydrogens (tertiary/aromatic N) is 1. The monoisotopic (exact) mass is 419 g/mol. The number of rotatable bonds is 5. The predicted octanol–water partition coefficient (Wildman–Crippen LogP) is 3.83. The number of nitrogens with one attached hydrogen (secondary N) is 2. The number of hydrogen-bond acceptors (Lipinski definition) is 4. The molecule has 1 aliphatic heterocycles. The molecule has 1 aromatic carbocycles. The van der Waals surface area contributed by atoms with Crippen molar-refractivity contribution in [1.29, 1.82) is 0 Å². The van der Waals surface area contributed by atoms with Crippen LogP contribution in [0, 0.1) is 11.3 Å². The second-order valence-electron chi connectivity index (χ2n) is 9.14. The third-order valence-corrected chi connectivity index (χ3v) is 7.92. The number of carbonyl (C=O) groups is 1. The summed E-state index contributed by atoms with van der Waals surface area (Å²) in [5.74, 6) is 0.306. The molecular formula is C22H33N3O3S. The number of hydrogen-bond donors (Lipinski definition) is 2. The van der Waals surface area contributed by atoms with Crippen LogP contribution in [0.4, 0.5) is 0 Å². The third kappa shape index (κ3) is 5.39. The van der Waals surface area contributed by atoms with Gasteiger partial charge in [0, 0.05) is 24.4 Å². The number of amides is 1. The smallest absolute Gasteiger partial charge is 0.269 e. The average molecular weight is 420 g/mol. The number of piperidine rings is 1. The fourth-order valence-corrected chi connectivity index (χ4v) is 5.56. The van der Waals surface area contributed by atoms with Crippen LogP contribution in [-0.2, 0) is 10.0 Å². The van der Waals surface area contributed by atoms with Crippen molar-refractivity contribution in [2.75, 3.05) is 13.1 Å². The second-order valence-corrected chi connectivity index (χ2v) is 11.1. The lowest BCUT2D eigenvalue weighted by molar-refractivity contribution is 0.0936. The van der Waals surface area contributed by atoms with Gasteiger partial charge in [-0.3, -0.25) is 10.2 Å². The predicted molar refractivity (Wildman–Crippen MR) is 115 cm³/mol. The molecule has 7 heteroatoms. The molecule has 0 unspecified atom stereocenters. The molecule has 2 N–H and O–H groups in total. The zero-order valence-corrected chi connectivity index (χ0v) is 18.5. The fraction of sp³-hybridized carbons (Fsp3) is 0.591. The van der Waals surface area contributed by atoms with Crippen LogP contribution in [0.3, 0.4) is 0 Å². The van der Waals surface area contributed by atoms with E-state index in [9.17, 15) is 13.2 Å². The van der Waals surface area contributed by atoms with Crippen LogP contribution in [0.5, 0.6) is 0 Å². The Morgan fingerprint density at radius 3 is 2.48 bits per heavy atom. The lowest BCUT2D eigenvalue weighted by atomic mass is 9.74. The summed E-state index contributed by atoms with van der Waals surface area (Å²) in [6.07, 6.45) is 7.95. The van der Waals surface area contributed by atoms with Crippen LogP contribution < -0.4 is 10.9 Å². The molecule has 1 aliphatic carbocycles. The number of benzene rings is 1. The maximum atomic E-state index is 12.8. The van der Waals surface area contributed by atoms with Gasteiger partial charge >= 0.3 is 0 Å². The summed E-state index contributed by atoms with van der Waals surface area (Å²) in [4.78, 5) is 12.7. The minimum Gasteiger partial charge on any atom is -0.303 e. The molecular weight excluding hydrogens is 386 g/mol. The van der Waals surface area contributed by atoms with Crippen molar-refractivity contribution in [1.82, 2.24) is 15.2 Å². The van der Waals surface area contributed by atoms with Gasteiger partial charge in [0.15, 0.2) is 0 Å². The summed E-state index contributed by atoms with van der Waals surface area (Å²) in [7, 11) is -3.55. The zero-order valence-electron chi connectivity index (χ0n) is 17.7. The molecule has 1 saturated heterocycles. The summed E-state index contributed by atoms with van der Waals surface area (Å²) >= 11 is 0. The maximum Gasteiger partial charge on any atom is 0.269 e. The Morgan fingerprint density at radius 1 is 1.14 bits per heavy atom. The minimum atomic E-state index is -3.55. The Balaban J connectivity index is 1.62. The van der Waals surface area contributed by atoms with Crippen molar-refractivity contribution >= 4 is 15.9 Å². The highest BCUT2D eigenvalue weighted by molar-refractivity contribution is 7.89.